The van der Waals surface area contributed by atoms with Crippen molar-refractivity contribution < 1.29 is 0 Å². The quantitative estimate of drug-likeness (QED) is 0.439. The average molecular weight is 133 g/mol. The number of aryl methyl sites for hydroxylation is 1. The van der Waals surface area contributed by atoms with Crippen LogP contribution in [0.2, 0.25) is 0 Å². The first-order valence-electron chi connectivity index (χ1n) is 3.58. The second-order valence-corrected chi connectivity index (χ2v) is 2.31. The first-order chi connectivity index (χ1) is 4.93. The predicted molar refractivity (Wildman–Crippen MR) is 45.0 cm³/mol. The van der Waals surface area contributed by atoms with Gasteiger partial charge in [-0.3, -0.25) is 0 Å². The summed E-state index contributed by atoms with van der Waals surface area (Å²) in [7, 11) is 0. The van der Waals surface area contributed by atoms with Crippen molar-refractivity contribution in [3.8, 4) is 0 Å². The summed E-state index contributed by atoms with van der Waals surface area (Å²) in [6.45, 7) is 3.68. The van der Waals surface area contributed by atoms with Crippen molar-refractivity contribution in [1.82, 2.24) is 0 Å². The van der Waals surface area contributed by atoms with Crippen molar-refractivity contribution in [3.05, 3.63) is 48.6 Å². The van der Waals surface area contributed by atoms with E-state index in [1.165, 1.54) is 5.56 Å². The Hall–Kier alpha value is -1.04. The molecule has 10 heavy (non-hydrogen) atoms. The molecule has 0 amide bonds. The summed E-state index contributed by atoms with van der Waals surface area (Å²) >= 11 is 0. The van der Waals surface area contributed by atoms with Crippen LogP contribution < -0.4 is 0 Å². The fourth-order valence-corrected chi connectivity index (χ4v) is 0.913. The topological polar surface area (TPSA) is 0 Å². The van der Waals surface area contributed by atoms with Crippen LogP contribution in [0.4, 0.5) is 0 Å². The Labute approximate surface area is 62.2 Å². The normalized spacial score (nSPS) is 9.20. The Morgan fingerprint density at radius 1 is 1.20 bits per heavy atom. The Kier molecular flexibility index (Phi) is 2.75. The van der Waals surface area contributed by atoms with Crippen molar-refractivity contribution in [3.63, 3.8) is 0 Å². The maximum Gasteiger partial charge on any atom is -0.0244 e. The fraction of sp³-hybridized carbons (Fsp3) is 0.200. The molecule has 0 atom stereocenters. The Balaban J connectivity index is 2.50. The van der Waals surface area contributed by atoms with Gasteiger partial charge in [-0.2, -0.15) is 0 Å². The molecule has 0 saturated carbocycles. The third kappa shape index (κ3) is 2.06. The van der Waals surface area contributed by atoms with Gasteiger partial charge in [0.1, 0.15) is 0 Å². The number of rotatable bonds is 3. The van der Waals surface area contributed by atoms with E-state index in [-0.39, 0.29) is 0 Å². The van der Waals surface area contributed by atoms with Crippen LogP contribution in [0.3, 0.4) is 0 Å². The molecular weight excluding hydrogens is 121 g/mol. The molecule has 0 heterocycles. The molecule has 0 aliphatic rings. The molecule has 0 fully saturated rings. The highest BCUT2D eigenvalue weighted by molar-refractivity contribution is 5.14. The lowest BCUT2D eigenvalue weighted by atomic mass is 10.1. The summed E-state index contributed by atoms with van der Waals surface area (Å²) in [6, 6.07) is 10.5. The molecule has 0 unspecified atom stereocenters. The lowest BCUT2D eigenvalue weighted by Gasteiger charge is -1.94. The molecule has 0 radical (unpaired) electrons. The van der Waals surface area contributed by atoms with Crippen LogP contribution in [0.15, 0.2) is 43.0 Å². The van der Waals surface area contributed by atoms with E-state index in [2.05, 4.69) is 30.8 Å². The minimum Gasteiger partial charge on any atom is -0.103 e. The summed E-state index contributed by atoms with van der Waals surface area (Å²) in [5.41, 5.74) is 1.39. The van der Waals surface area contributed by atoms with E-state index < -0.39 is 0 Å². The summed E-state index contributed by atoms with van der Waals surface area (Å²) in [6.07, 6.45) is 4.14. The first kappa shape index (κ1) is 7.07. The fourth-order valence-electron chi connectivity index (χ4n) is 0.913. The molecule has 0 aromatic heterocycles. The zero-order valence-electron chi connectivity index (χ0n) is 6.09. The zero-order valence-corrected chi connectivity index (χ0v) is 6.09. The molecule has 0 bridgehead atoms. The third-order valence-electron chi connectivity index (χ3n) is 1.48. The SMILES string of the molecule is [13CH2]=CCCc1ccccc1. The molecule has 1 aromatic carbocycles. The summed E-state index contributed by atoms with van der Waals surface area (Å²) in [4.78, 5) is 0. The van der Waals surface area contributed by atoms with E-state index in [9.17, 15) is 0 Å². The van der Waals surface area contributed by atoms with Gasteiger partial charge in [-0.05, 0) is 18.4 Å². The summed E-state index contributed by atoms with van der Waals surface area (Å²) in [5, 5.41) is 0. The van der Waals surface area contributed by atoms with Crippen molar-refractivity contribution >= 4 is 0 Å². The highest BCUT2D eigenvalue weighted by Gasteiger charge is 1.85. The molecule has 52 valence electrons. The van der Waals surface area contributed by atoms with E-state index in [1.807, 2.05) is 12.1 Å². The van der Waals surface area contributed by atoms with Gasteiger partial charge >= 0.3 is 0 Å². The number of allylic oxidation sites excluding steroid dienone is 1. The highest BCUT2D eigenvalue weighted by atomic mass is 13.9. The van der Waals surface area contributed by atoms with Crippen molar-refractivity contribution in [1.29, 1.82) is 0 Å². The Morgan fingerprint density at radius 2 is 1.90 bits per heavy atom. The van der Waals surface area contributed by atoms with Crippen LogP contribution in [0.1, 0.15) is 12.0 Å². The maximum absolute atomic E-state index is 3.68. The lowest BCUT2D eigenvalue weighted by molar-refractivity contribution is 1.00. The van der Waals surface area contributed by atoms with Crippen LogP contribution >= 0.6 is 0 Å². The maximum atomic E-state index is 3.68. The molecular formula is C10H12. The molecule has 1 rings (SSSR count). The van der Waals surface area contributed by atoms with Gasteiger partial charge in [0.25, 0.3) is 0 Å². The monoisotopic (exact) mass is 133 g/mol. The van der Waals surface area contributed by atoms with Gasteiger partial charge in [-0.1, -0.05) is 36.4 Å². The van der Waals surface area contributed by atoms with Crippen LogP contribution in [-0.4, -0.2) is 0 Å². The summed E-state index contributed by atoms with van der Waals surface area (Å²) < 4.78 is 0. The van der Waals surface area contributed by atoms with Gasteiger partial charge in [-0.25, -0.2) is 0 Å². The zero-order chi connectivity index (χ0) is 7.23. The van der Waals surface area contributed by atoms with Gasteiger partial charge in [0, 0.05) is 0 Å². The second kappa shape index (κ2) is 3.89. The summed E-state index contributed by atoms with van der Waals surface area (Å²) in [5.74, 6) is 0. The van der Waals surface area contributed by atoms with Gasteiger partial charge in [0.15, 0.2) is 0 Å². The Morgan fingerprint density at radius 3 is 2.50 bits per heavy atom. The molecule has 1 aromatic rings. The predicted octanol–water partition coefficient (Wildman–Crippen LogP) is 2.81. The molecule has 0 saturated heterocycles. The van der Waals surface area contributed by atoms with Crippen LogP contribution in [0.25, 0.3) is 0 Å². The molecule has 0 spiro atoms. The molecule has 0 heteroatoms. The Bertz CT molecular complexity index is 186. The number of hydrogen-bond acceptors (Lipinski definition) is 0. The van der Waals surface area contributed by atoms with E-state index in [4.69, 9.17) is 0 Å². The molecule has 0 aliphatic carbocycles. The van der Waals surface area contributed by atoms with E-state index in [1.54, 1.807) is 0 Å². The van der Waals surface area contributed by atoms with Crippen LogP contribution in [-0.2, 0) is 6.42 Å². The van der Waals surface area contributed by atoms with E-state index in [0.717, 1.165) is 12.8 Å². The first-order valence-corrected chi connectivity index (χ1v) is 3.58. The van der Waals surface area contributed by atoms with Gasteiger partial charge in [-0.15, -0.1) is 6.58 Å². The largest absolute Gasteiger partial charge is 0.103 e. The minimum atomic E-state index is 1.07. The van der Waals surface area contributed by atoms with E-state index in [0.29, 0.717) is 0 Å². The van der Waals surface area contributed by atoms with Gasteiger partial charge in [0.05, 0.1) is 0 Å². The molecule has 0 nitrogen and oxygen atoms in total. The minimum absolute atomic E-state index is 1.07. The number of benzene rings is 1. The van der Waals surface area contributed by atoms with Crippen molar-refractivity contribution in [2.24, 2.45) is 0 Å². The third-order valence-corrected chi connectivity index (χ3v) is 1.48. The van der Waals surface area contributed by atoms with Crippen molar-refractivity contribution in [2.45, 2.75) is 12.8 Å². The van der Waals surface area contributed by atoms with Crippen LogP contribution in [0, 0.1) is 0 Å². The van der Waals surface area contributed by atoms with Crippen LogP contribution in [0.5, 0.6) is 0 Å². The lowest BCUT2D eigenvalue weighted by Crippen LogP contribution is -1.79. The second-order valence-electron chi connectivity index (χ2n) is 2.31. The van der Waals surface area contributed by atoms with Gasteiger partial charge in [0.2, 0.25) is 0 Å². The number of hydrogen-bond donors (Lipinski definition) is 0. The van der Waals surface area contributed by atoms with E-state index >= 15 is 0 Å². The molecule has 0 N–H and O–H groups in total. The standard InChI is InChI=1S/C10H12/c1-2-3-7-10-8-5-4-6-9-10/h2,4-6,8-9H,1,3,7H2/i1+1. The average Bonchev–Trinajstić information content (AvgIpc) is 2.03. The smallest absolute Gasteiger partial charge is 0.0244 e. The van der Waals surface area contributed by atoms with Crippen molar-refractivity contribution in [2.75, 3.05) is 0 Å². The highest BCUT2D eigenvalue weighted by Crippen LogP contribution is 2.01. The molecule has 0 aliphatic heterocycles. The van der Waals surface area contributed by atoms with Gasteiger partial charge < -0.3 is 0 Å².